The van der Waals surface area contributed by atoms with Crippen molar-refractivity contribution < 1.29 is 4.79 Å². The lowest BCUT2D eigenvalue weighted by Crippen LogP contribution is -2.38. The maximum atomic E-state index is 11.8. The first-order valence-electron chi connectivity index (χ1n) is 4.94. The lowest BCUT2D eigenvalue weighted by atomic mass is 9.76. The molecule has 0 aliphatic heterocycles. The third-order valence-electron chi connectivity index (χ3n) is 3.22. The molecule has 1 fully saturated rings. The summed E-state index contributed by atoms with van der Waals surface area (Å²) in [7, 11) is 0. The van der Waals surface area contributed by atoms with E-state index in [9.17, 15) is 4.79 Å². The number of hydrogen-bond acceptors (Lipinski definition) is 2. The molecule has 1 aliphatic rings. The predicted octanol–water partition coefficient (Wildman–Crippen LogP) is 1.73. The van der Waals surface area contributed by atoms with Gasteiger partial charge in [-0.3, -0.25) is 4.79 Å². The minimum absolute atomic E-state index is 0.193. The summed E-state index contributed by atoms with van der Waals surface area (Å²) in [6.07, 6.45) is 3.99. The summed E-state index contributed by atoms with van der Waals surface area (Å²) in [6.45, 7) is 4.66. The van der Waals surface area contributed by atoms with Crippen LogP contribution >= 0.6 is 0 Å². The van der Waals surface area contributed by atoms with Crippen LogP contribution in [0.4, 0.5) is 0 Å². The molecule has 70 valence electrons. The van der Waals surface area contributed by atoms with Crippen LogP contribution in [0.3, 0.4) is 0 Å². The fourth-order valence-electron chi connectivity index (χ4n) is 1.77. The van der Waals surface area contributed by atoms with Crippen molar-refractivity contribution in [2.75, 3.05) is 6.54 Å². The fraction of sp³-hybridized carbons (Fsp3) is 0.900. The van der Waals surface area contributed by atoms with Gasteiger partial charge < -0.3 is 5.73 Å². The summed E-state index contributed by atoms with van der Waals surface area (Å²) >= 11 is 0. The zero-order chi connectivity index (χ0) is 9.19. The summed E-state index contributed by atoms with van der Waals surface area (Å²) in [6, 6.07) is 0. The number of ketones is 1. The molecule has 0 amide bonds. The summed E-state index contributed by atoms with van der Waals surface area (Å²) in [5, 5.41) is 0. The Bertz CT molecular complexity index is 160. The molecule has 1 rings (SSSR count). The minimum atomic E-state index is -0.193. The van der Waals surface area contributed by atoms with E-state index in [0.29, 0.717) is 18.2 Å². The number of carbonyl (C=O) groups is 1. The van der Waals surface area contributed by atoms with Gasteiger partial charge in [0.2, 0.25) is 0 Å². The zero-order valence-corrected chi connectivity index (χ0v) is 8.10. The van der Waals surface area contributed by atoms with Gasteiger partial charge in [-0.15, -0.1) is 0 Å². The SMILES string of the molecule is CCC(CC)(CN)C(=O)C1CC1. The van der Waals surface area contributed by atoms with Crippen molar-refractivity contribution in [1.82, 2.24) is 0 Å². The Balaban J connectivity index is 2.67. The first kappa shape index (κ1) is 9.72. The molecule has 0 aromatic heterocycles. The molecule has 1 saturated carbocycles. The average Bonchev–Trinajstić information content (AvgIpc) is 2.91. The second-order valence-corrected chi connectivity index (χ2v) is 3.83. The molecular weight excluding hydrogens is 150 g/mol. The smallest absolute Gasteiger partial charge is 0.143 e. The molecule has 0 saturated heterocycles. The molecular formula is C10H19NO. The third-order valence-corrected chi connectivity index (χ3v) is 3.22. The molecule has 0 radical (unpaired) electrons. The van der Waals surface area contributed by atoms with Gasteiger partial charge in [-0.2, -0.15) is 0 Å². The zero-order valence-electron chi connectivity index (χ0n) is 8.10. The summed E-state index contributed by atoms with van der Waals surface area (Å²) in [5.74, 6) is 0.781. The second kappa shape index (κ2) is 3.56. The molecule has 0 bridgehead atoms. The summed E-state index contributed by atoms with van der Waals surface area (Å²) in [5.41, 5.74) is 5.48. The van der Waals surface area contributed by atoms with E-state index < -0.39 is 0 Å². The molecule has 0 atom stereocenters. The third kappa shape index (κ3) is 1.53. The van der Waals surface area contributed by atoms with Gasteiger partial charge in [0.05, 0.1) is 0 Å². The van der Waals surface area contributed by atoms with Crippen LogP contribution in [0.5, 0.6) is 0 Å². The Labute approximate surface area is 74.5 Å². The van der Waals surface area contributed by atoms with Crippen LogP contribution in [-0.4, -0.2) is 12.3 Å². The lowest BCUT2D eigenvalue weighted by molar-refractivity contribution is -0.130. The van der Waals surface area contributed by atoms with Gasteiger partial charge in [0.15, 0.2) is 0 Å². The Morgan fingerprint density at radius 2 is 1.92 bits per heavy atom. The number of Topliss-reactive ketones (excluding diaryl/α,β-unsaturated/α-hetero) is 1. The van der Waals surface area contributed by atoms with E-state index in [1.54, 1.807) is 0 Å². The van der Waals surface area contributed by atoms with Gasteiger partial charge in [-0.1, -0.05) is 13.8 Å². The van der Waals surface area contributed by atoms with Gasteiger partial charge >= 0.3 is 0 Å². The molecule has 0 aromatic carbocycles. The van der Waals surface area contributed by atoms with Crippen molar-refractivity contribution in [1.29, 1.82) is 0 Å². The van der Waals surface area contributed by atoms with Crippen LogP contribution in [0.25, 0.3) is 0 Å². The lowest BCUT2D eigenvalue weighted by Gasteiger charge is -2.28. The molecule has 0 aromatic rings. The molecule has 0 unspecified atom stereocenters. The van der Waals surface area contributed by atoms with Crippen molar-refractivity contribution in [3.05, 3.63) is 0 Å². The van der Waals surface area contributed by atoms with Gasteiger partial charge in [0.1, 0.15) is 5.78 Å². The average molecular weight is 169 g/mol. The number of nitrogens with two attached hydrogens (primary N) is 1. The van der Waals surface area contributed by atoms with E-state index in [2.05, 4.69) is 13.8 Å². The molecule has 12 heavy (non-hydrogen) atoms. The van der Waals surface area contributed by atoms with Crippen molar-refractivity contribution in [2.45, 2.75) is 39.5 Å². The molecule has 2 nitrogen and oxygen atoms in total. The van der Waals surface area contributed by atoms with Gasteiger partial charge in [0.25, 0.3) is 0 Å². The van der Waals surface area contributed by atoms with Gasteiger partial charge in [-0.25, -0.2) is 0 Å². The maximum Gasteiger partial charge on any atom is 0.143 e. The topological polar surface area (TPSA) is 43.1 Å². The minimum Gasteiger partial charge on any atom is -0.329 e. The van der Waals surface area contributed by atoms with Crippen LogP contribution in [0.1, 0.15) is 39.5 Å². The van der Waals surface area contributed by atoms with E-state index in [1.165, 1.54) is 0 Å². The van der Waals surface area contributed by atoms with E-state index in [4.69, 9.17) is 5.73 Å². The molecule has 2 heteroatoms. The van der Waals surface area contributed by atoms with Crippen LogP contribution < -0.4 is 5.73 Å². The van der Waals surface area contributed by atoms with Gasteiger partial charge in [0, 0.05) is 17.9 Å². The summed E-state index contributed by atoms with van der Waals surface area (Å²) in [4.78, 5) is 11.8. The maximum absolute atomic E-state index is 11.8. The highest BCUT2D eigenvalue weighted by atomic mass is 16.1. The van der Waals surface area contributed by atoms with E-state index in [0.717, 1.165) is 25.7 Å². The largest absolute Gasteiger partial charge is 0.329 e. The van der Waals surface area contributed by atoms with Crippen molar-refractivity contribution in [2.24, 2.45) is 17.1 Å². The number of hydrogen-bond donors (Lipinski definition) is 1. The predicted molar refractivity (Wildman–Crippen MR) is 49.8 cm³/mol. The highest BCUT2D eigenvalue weighted by Gasteiger charge is 2.42. The van der Waals surface area contributed by atoms with Crippen molar-refractivity contribution in [3.8, 4) is 0 Å². The number of carbonyl (C=O) groups excluding carboxylic acids is 1. The van der Waals surface area contributed by atoms with E-state index >= 15 is 0 Å². The van der Waals surface area contributed by atoms with E-state index in [-0.39, 0.29) is 5.41 Å². The van der Waals surface area contributed by atoms with Crippen molar-refractivity contribution >= 4 is 5.78 Å². The van der Waals surface area contributed by atoms with Crippen LogP contribution in [-0.2, 0) is 4.79 Å². The fourth-order valence-corrected chi connectivity index (χ4v) is 1.77. The van der Waals surface area contributed by atoms with E-state index in [1.807, 2.05) is 0 Å². The molecule has 1 aliphatic carbocycles. The highest BCUT2D eigenvalue weighted by molar-refractivity contribution is 5.89. The van der Waals surface area contributed by atoms with Crippen LogP contribution in [0.15, 0.2) is 0 Å². The first-order chi connectivity index (χ1) is 5.70. The summed E-state index contributed by atoms with van der Waals surface area (Å²) < 4.78 is 0. The molecule has 0 spiro atoms. The first-order valence-corrected chi connectivity index (χ1v) is 4.94. The normalized spacial score (nSPS) is 17.9. The number of rotatable bonds is 5. The Kier molecular flexibility index (Phi) is 2.89. The van der Waals surface area contributed by atoms with Gasteiger partial charge in [-0.05, 0) is 25.7 Å². The van der Waals surface area contributed by atoms with Crippen LogP contribution in [0.2, 0.25) is 0 Å². The quantitative estimate of drug-likeness (QED) is 0.681. The monoisotopic (exact) mass is 169 g/mol. The Morgan fingerprint density at radius 1 is 1.42 bits per heavy atom. The van der Waals surface area contributed by atoms with Crippen LogP contribution in [0, 0.1) is 11.3 Å². The molecule has 2 N–H and O–H groups in total. The highest BCUT2D eigenvalue weighted by Crippen LogP contribution is 2.39. The standard InChI is InChI=1S/C10H19NO/c1-3-10(4-2,7-11)9(12)8-5-6-8/h8H,3-7,11H2,1-2H3. The second-order valence-electron chi connectivity index (χ2n) is 3.83. The Hall–Kier alpha value is -0.370. The molecule has 0 heterocycles. The Morgan fingerprint density at radius 3 is 2.17 bits per heavy atom. The van der Waals surface area contributed by atoms with Crippen molar-refractivity contribution in [3.63, 3.8) is 0 Å².